The van der Waals surface area contributed by atoms with E-state index in [0.717, 1.165) is 19.6 Å². The SMILES string of the molecule is CC(CN1CCOCC1)Nc1ncnc(N)c1[N+](=O)[O-]. The van der Waals surface area contributed by atoms with Crippen LogP contribution in [0.4, 0.5) is 17.3 Å². The summed E-state index contributed by atoms with van der Waals surface area (Å²) >= 11 is 0. The molecule has 1 aliphatic heterocycles. The molecule has 1 atom stereocenters. The summed E-state index contributed by atoms with van der Waals surface area (Å²) in [4.78, 5) is 20.2. The average molecular weight is 282 g/mol. The fourth-order valence-electron chi connectivity index (χ4n) is 2.13. The first-order chi connectivity index (χ1) is 9.58. The van der Waals surface area contributed by atoms with Crippen LogP contribution in [0.1, 0.15) is 6.92 Å². The predicted molar refractivity (Wildman–Crippen MR) is 73.4 cm³/mol. The highest BCUT2D eigenvalue weighted by atomic mass is 16.6. The van der Waals surface area contributed by atoms with Gasteiger partial charge in [-0.15, -0.1) is 0 Å². The van der Waals surface area contributed by atoms with Gasteiger partial charge in [-0.2, -0.15) is 0 Å². The Morgan fingerprint density at radius 3 is 2.90 bits per heavy atom. The van der Waals surface area contributed by atoms with Gasteiger partial charge in [-0.25, -0.2) is 9.97 Å². The smallest absolute Gasteiger partial charge is 0.352 e. The van der Waals surface area contributed by atoms with Gasteiger partial charge in [0.25, 0.3) is 0 Å². The first kappa shape index (κ1) is 14.4. The molecule has 0 bridgehead atoms. The third-order valence-corrected chi connectivity index (χ3v) is 3.05. The summed E-state index contributed by atoms with van der Waals surface area (Å²) in [5.41, 5.74) is 5.25. The van der Waals surface area contributed by atoms with Crippen LogP contribution in [0.3, 0.4) is 0 Å². The molecule has 1 aromatic rings. The summed E-state index contributed by atoms with van der Waals surface area (Å²) in [6.07, 6.45) is 1.21. The van der Waals surface area contributed by atoms with Crippen molar-refractivity contribution in [1.82, 2.24) is 14.9 Å². The number of nitrogens with zero attached hydrogens (tertiary/aromatic N) is 4. The molecule has 1 aliphatic rings. The molecular weight excluding hydrogens is 264 g/mol. The van der Waals surface area contributed by atoms with Crippen LogP contribution >= 0.6 is 0 Å². The van der Waals surface area contributed by atoms with Gasteiger partial charge in [-0.05, 0) is 6.92 Å². The lowest BCUT2D eigenvalue weighted by molar-refractivity contribution is -0.383. The minimum absolute atomic E-state index is 0.00102. The number of hydrogen-bond donors (Lipinski definition) is 2. The maximum Gasteiger partial charge on any atom is 0.352 e. The van der Waals surface area contributed by atoms with Crippen LogP contribution in [0, 0.1) is 10.1 Å². The number of ether oxygens (including phenoxy) is 1. The van der Waals surface area contributed by atoms with Crippen molar-refractivity contribution in [3.63, 3.8) is 0 Å². The van der Waals surface area contributed by atoms with Crippen LogP contribution in [-0.4, -0.2) is 58.7 Å². The summed E-state index contributed by atoms with van der Waals surface area (Å²) in [6.45, 7) is 5.85. The van der Waals surface area contributed by atoms with E-state index >= 15 is 0 Å². The first-order valence-corrected chi connectivity index (χ1v) is 6.39. The molecule has 1 aromatic heterocycles. The summed E-state index contributed by atoms with van der Waals surface area (Å²) in [6, 6.07) is 0.00102. The van der Waals surface area contributed by atoms with E-state index in [1.807, 2.05) is 6.92 Å². The van der Waals surface area contributed by atoms with Gasteiger partial charge in [-0.3, -0.25) is 15.0 Å². The Morgan fingerprint density at radius 1 is 1.55 bits per heavy atom. The van der Waals surface area contributed by atoms with E-state index in [0.29, 0.717) is 13.2 Å². The lowest BCUT2D eigenvalue weighted by atomic mass is 10.2. The molecule has 0 saturated carbocycles. The molecule has 9 nitrogen and oxygen atoms in total. The Bertz CT molecular complexity index is 477. The highest BCUT2D eigenvalue weighted by Crippen LogP contribution is 2.26. The Morgan fingerprint density at radius 2 is 2.25 bits per heavy atom. The van der Waals surface area contributed by atoms with Gasteiger partial charge in [0.1, 0.15) is 6.33 Å². The van der Waals surface area contributed by atoms with E-state index in [4.69, 9.17) is 10.5 Å². The maximum absolute atomic E-state index is 11.0. The van der Waals surface area contributed by atoms with Gasteiger partial charge in [0.05, 0.1) is 18.1 Å². The quantitative estimate of drug-likeness (QED) is 0.576. The number of morpholine rings is 1. The van der Waals surface area contributed by atoms with E-state index in [1.54, 1.807) is 0 Å². The number of nitrogens with two attached hydrogens (primary N) is 1. The molecule has 1 unspecified atom stereocenters. The lowest BCUT2D eigenvalue weighted by Gasteiger charge is -2.29. The second kappa shape index (κ2) is 6.44. The number of nitrogen functional groups attached to an aromatic ring is 1. The third kappa shape index (κ3) is 3.52. The molecule has 0 spiro atoms. The molecule has 0 aromatic carbocycles. The number of rotatable bonds is 5. The Kier molecular flexibility index (Phi) is 4.64. The molecule has 2 heterocycles. The molecule has 20 heavy (non-hydrogen) atoms. The number of hydrogen-bond acceptors (Lipinski definition) is 8. The lowest BCUT2D eigenvalue weighted by Crippen LogP contribution is -2.42. The highest BCUT2D eigenvalue weighted by Gasteiger charge is 2.23. The van der Waals surface area contributed by atoms with Gasteiger partial charge in [0.15, 0.2) is 0 Å². The summed E-state index contributed by atoms with van der Waals surface area (Å²) in [5.74, 6) is 0.0225. The normalized spacial score (nSPS) is 17.6. The standard InChI is InChI=1S/C11H18N6O3/c1-8(6-16-2-4-20-5-3-16)15-11-9(17(18)19)10(12)13-7-14-11/h7-8H,2-6H2,1H3,(H3,12,13,14,15). The minimum Gasteiger partial charge on any atom is -0.379 e. The molecule has 3 N–H and O–H groups in total. The fraction of sp³-hybridized carbons (Fsp3) is 0.636. The van der Waals surface area contributed by atoms with E-state index in [-0.39, 0.29) is 23.4 Å². The molecule has 0 amide bonds. The second-order valence-corrected chi connectivity index (χ2v) is 4.67. The zero-order valence-electron chi connectivity index (χ0n) is 11.3. The predicted octanol–water partition coefficient (Wildman–Crippen LogP) is 0.0996. The fourth-order valence-corrected chi connectivity index (χ4v) is 2.13. The second-order valence-electron chi connectivity index (χ2n) is 4.67. The van der Waals surface area contributed by atoms with Gasteiger partial charge < -0.3 is 15.8 Å². The van der Waals surface area contributed by atoms with Crippen molar-refractivity contribution in [3.05, 3.63) is 16.4 Å². The van der Waals surface area contributed by atoms with Crippen LogP contribution in [0.25, 0.3) is 0 Å². The zero-order valence-corrected chi connectivity index (χ0v) is 11.3. The van der Waals surface area contributed by atoms with Crippen LogP contribution in [0.5, 0.6) is 0 Å². The van der Waals surface area contributed by atoms with E-state index in [1.165, 1.54) is 6.33 Å². The van der Waals surface area contributed by atoms with Gasteiger partial charge >= 0.3 is 5.69 Å². The number of aromatic nitrogens is 2. The van der Waals surface area contributed by atoms with Gasteiger partial charge in [0, 0.05) is 25.7 Å². The summed E-state index contributed by atoms with van der Waals surface area (Å²) in [7, 11) is 0. The van der Waals surface area contributed by atoms with Gasteiger partial charge in [-0.1, -0.05) is 0 Å². The Balaban J connectivity index is 2.01. The maximum atomic E-state index is 11.0. The number of nitrogens with one attached hydrogen (secondary N) is 1. The van der Waals surface area contributed by atoms with Crippen molar-refractivity contribution in [2.75, 3.05) is 43.9 Å². The summed E-state index contributed by atoms with van der Waals surface area (Å²) < 4.78 is 5.28. The Labute approximate surface area is 116 Å². The summed E-state index contributed by atoms with van der Waals surface area (Å²) in [5, 5.41) is 14.0. The van der Waals surface area contributed by atoms with Crippen LogP contribution in [0.2, 0.25) is 0 Å². The average Bonchev–Trinajstić information content (AvgIpc) is 2.39. The largest absolute Gasteiger partial charge is 0.379 e. The number of anilines is 2. The van der Waals surface area contributed by atoms with Crippen LogP contribution in [0.15, 0.2) is 6.33 Å². The molecule has 0 aliphatic carbocycles. The molecule has 1 saturated heterocycles. The zero-order chi connectivity index (χ0) is 14.5. The van der Waals surface area contributed by atoms with Crippen molar-refractivity contribution in [1.29, 1.82) is 0 Å². The third-order valence-electron chi connectivity index (χ3n) is 3.05. The van der Waals surface area contributed by atoms with Crippen molar-refractivity contribution >= 4 is 17.3 Å². The molecule has 110 valence electrons. The van der Waals surface area contributed by atoms with Crippen molar-refractivity contribution in [3.8, 4) is 0 Å². The van der Waals surface area contributed by atoms with Crippen LogP contribution < -0.4 is 11.1 Å². The molecular formula is C11H18N6O3. The monoisotopic (exact) mass is 282 g/mol. The molecule has 1 fully saturated rings. The van der Waals surface area contributed by atoms with Crippen molar-refractivity contribution in [2.45, 2.75) is 13.0 Å². The van der Waals surface area contributed by atoms with E-state index in [9.17, 15) is 10.1 Å². The van der Waals surface area contributed by atoms with Crippen molar-refractivity contribution < 1.29 is 9.66 Å². The van der Waals surface area contributed by atoms with E-state index < -0.39 is 4.92 Å². The van der Waals surface area contributed by atoms with E-state index in [2.05, 4.69) is 20.2 Å². The topological polar surface area (TPSA) is 119 Å². The number of nitro groups is 1. The van der Waals surface area contributed by atoms with Crippen molar-refractivity contribution in [2.24, 2.45) is 0 Å². The highest BCUT2D eigenvalue weighted by molar-refractivity contribution is 5.67. The molecule has 2 rings (SSSR count). The van der Waals surface area contributed by atoms with Crippen LogP contribution in [-0.2, 0) is 4.74 Å². The van der Waals surface area contributed by atoms with Gasteiger partial charge in [0.2, 0.25) is 11.6 Å². The Hall–Kier alpha value is -2.00. The minimum atomic E-state index is -0.570. The molecule has 9 heteroatoms. The molecule has 0 radical (unpaired) electrons. The first-order valence-electron chi connectivity index (χ1n) is 6.39.